The Morgan fingerprint density at radius 2 is 2.09 bits per heavy atom. The first-order valence-corrected chi connectivity index (χ1v) is 4.36. The van der Waals surface area contributed by atoms with Crippen LogP contribution in [0.15, 0.2) is 36.3 Å². The first-order chi connectivity index (χ1) is 4.98. The molecule has 11 heavy (non-hydrogen) atoms. The highest BCUT2D eigenvalue weighted by Crippen LogP contribution is 2.02. The minimum Gasteiger partial charge on any atom is -0.282 e. The summed E-state index contributed by atoms with van der Waals surface area (Å²) in [7, 11) is -4.10. The van der Waals surface area contributed by atoms with Crippen molar-refractivity contribution in [3.05, 3.63) is 36.3 Å². The molecule has 0 aromatic rings. The minimum absolute atomic E-state index is 0.306. The largest absolute Gasteiger partial charge is 0.293 e. The Hall–Kier alpha value is -0.870. The third-order valence-corrected chi connectivity index (χ3v) is 1.74. The smallest absolute Gasteiger partial charge is 0.282 e. The molecule has 0 rings (SSSR count). The van der Waals surface area contributed by atoms with E-state index in [0.717, 1.165) is 0 Å². The van der Waals surface area contributed by atoms with Gasteiger partial charge >= 0.3 is 0 Å². The van der Waals surface area contributed by atoms with E-state index in [1.807, 2.05) is 0 Å². The van der Waals surface area contributed by atoms with E-state index in [4.69, 9.17) is 4.55 Å². The van der Waals surface area contributed by atoms with Gasteiger partial charge in [-0.2, -0.15) is 8.42 Å². The molecule has 0 aliphatic rings. The van der Waals surface area contributed by atoms with E-state index in [0.29, 0.717) is 6.42 Å². The molecule has 0 saturated heterocycles. The average Bonchev–Trinajstić information content (AvgIpc) is 1.86. The van der Waals surface area contributed by atoms with Crippen molar-refractivity contribution >= 4 is 10.1 Å². The Morgan fingerprint density at radius 3 is 2.45 bits per heavy atom. The van der Waals surface area contributed by atoms with Gasteiger partial charge in [-0.15, -0.1) is 6.58 Å². The summed E-state index contributed by atoms with van der Waals surface area (Å²) in [4.78, 5) is -0.306. The van der Waals surface area contributed by atoms with E-state index in [2.05, 4.69) is 13.2 Å². The lowest BCUT2D eigenvalue weighted by Crippen LogP contribution is -1.96. The van der Waals surface area contributed by atoms with Crippen LogP contribution < -0.4 is 0 Å². The van der Waals surface area contributed by atoms with Gasteiger partial charge in [0.05, 0.1) is 4.91 Å². The van der Waals surface area contributed by atoms with Gasteiger partial charge in [0.2, 0.25) is 0 Å². The molecule has 0 atom stereocenters. The van der Waals surface area contributed by atoms with Crippen LogP contribution in [0.3, 0.4) is 0 Å². The van der Waals surface area contributed by atoms with Gasteiger partial charge in [0.25, 0.3) is 10.1 Å². The van der Waals surface area contributed by atoms with E-state index < -0.39 is 10.1 Å². The van der Waals surface area contributed by atoms with Crippen molar-refractivity contribution in [1.29, 1.82) is 0 Å². The zero-order chi connectivity index (χ0) is 8.91. The summed E-state index contributed by atoms with van der Waals surface area (Å²) in [5.74, 6) is 0. The van der Waals surface area contributed by atoms with Crippen molar-refractivity contribution in [2.75, 3.05) is 0 Å². The third kappa shape index (κ3) is 4.52. The summed E-state index contributed by atoms with van der Waals surface area (Å²) < 4.78 is 29.0. The van der Waals surface area contributed by atoms with Crippen LogP contribution in [0.25, 0.3) is 0 Å². The van der Waals surface area contributed by atoms with Gasteiger partial charge in [-0.25, -0.2) is 0 Å². The lowest BCUT2D eigenvalue weighted by Gasteiger charge is -1.91. The number of rotatable bonds is 4. The van der Waals surface area contributed by atoms with Crippen LogP contribution >= 0.6 is 0 Å². The number of hydrogen-bond donors (Lipinski definition) is 1. The fraction of sp³-hybridized carbons (Fsp3) is 0.143. The maximum absolute atomic E-state index is 10.3. The molecule has 0 amide bonds. The van der Waals surface area contributed by atoms with Crippen molar-refractivity contribution in [3.63, 3.8) is 0 Å². The van der Waals surface area contributed by atoms with E-state index >= 15 is 0 Å². The van der Waals surface area contributed by atoms with Crippen LogP contribution in [0.5, 0.6) is 0 Å². The molecule has 0 unspecified atom stereocenters. The van der Waals surface area contributed by atoms with Gasteiger partial charge < -0.3 is 0 Å². The number of hydrogen-bond acceptors (Lipinski definition) is 2. The average molecular weight is 174 g/mol. The topological polar surface area (TPSA) is 54.4 Å². The SMILES string of the molecule is C=CCC=CC(=C)S(=O)(=O)O. The molecule has 0 fully saturated rings. The molecule has 0 radical (unpaired) electrons. The molecule has 0 saturated carbocycles. The highest BCUT2D eigenvalue weighted by atomic mass is 32.2. The molecule has 0 aromatic carbocycles. The molecule has 3 nitrogen and oxygen atoms in total. The molecule has 0 spiro atoms. The van der Waals surface area contributed by atoms with Gasteiger partial charge in [-0.3, -0.25) is 4.55 Å². The summed E-state index contributed by atoms with van der Waals surface area (Å²) >= 11 is 0. The molecule has 4 heteroatoms. The molecule has 0 aromatic heterocycles. The van der Waals surface area contributed by atoms with Crippen molar-refractivity contribution < 1.29 is 13.0 Å². The van der Waals surface area contributed by atoms with Crippen LogP contribution in [-0.4, -0.2) is 13.0 Å². The second-order valence-corrected chi connectivity index (χ2v) is 3.34. The molecule has 0 aliphatic heterocycles. The Bertz CT molecular complexity index is 272. The van der Waals surface area contributed by atoms with E-state index in [1.165, 1.54) is 6.08 Å². The van der Waals surface area contributed by atoms with Crippen LogP contribution in [-0.2, 0) is 10.1 Å². The van der Waals surface area contributed by atoms with Crippen molar-refractivity contribution in [2.24, 2.45) is 0 Å². The van der Waals surface area contributed by atoms with Crippen LogP contribution in [0.4, 0.5) is 0 Å². The molecule has 62 valence electrons. The fourth-order valence-electron chi connectivity index (χ4n) is 0.382. The zero-order valence-corrected chi connectivity index (χ0v) is 6.84. The molecule has 0 heterocycles. The first-order valence-electron chi connectivity index (χ1n) is 2.92. The summed E-state index contributed by atoms with van der Waals surface area (Å²) in [5.41, 5.74) is 0. The monoisotopic (exact) mass is 174 g/mol. The Balaban J connectivity index is 4.20. The first kappa shape index (κ1) is 10.1. The lowest BCUT2D eigenvalue weighted by atomic mass is 10.4. The van der Waals surface area contributed by atoms with E-state index in [9.17, 15) is 8.42 Å². The highest BCUT2D eigenvalue weighted by Gasteiger charge is 2.05. The maximum atomic E-state index is 10.3. The summed E-state index contributed by atoms with van der Waals surface area (Å²) in [5, 5.41) is 0. The van der Waals surface area contributed by atoms with Crippen LogP contribution in [0.1, 0.15) is 6.42 Å². The second-order valence-electron chi connectivity index (χ2n) is 1.87. The highest BCUT2D eigenvalue weighted by molar-refractivity contribution is 7.90. The van der Waals surface area contributed by atoms with Gasteiger partial charge in [-0.05, 0) is 12.5 Å². The fourth-order valence-corrected chi connectivity index (χ4v) is 0.650. The Kier molecular flexibility index (Phi) is 3.78. The normalized spacial score (nSPS) is 11.7. The molecular formula is C7H10O3S. The van der Waals surface area contributed by atoms with Gasteiger partial charge in [0, 0.05) is 0 Å². The maximum Gasteiger partial charge on any atom is 0.293 e. The molecular weight excluding hydrogens is 164 g/mol. The van der Waals surface area contributed by atoms with Gasteiger partial charge in [-0.1, -0.05) is 18.7 Å². The van der Waals surface area contributed by atoms with Gasteiger partial charge in [0.1, 0.15) is 0 Å². The van der Waals surface area contributed by atoms with Crippen molar-refractivity contribution in [2.45, 2.75) is 6.42 Å². The van der Waals surface area contributed by atoms with Crippen LogP contribution in [0.2, 0.25) is 0 Å². The molecule has 0 aliphatic carbocycles. The second kappa shape index (κ2) is 4.10. The Labute approximate surface area is 66.5 Å². The summed E-state index contributed by atoms with van der Waals surface area (Å²) in [6.45, 7) is 6.57. The predicted molar refractivity (Wildman–Crippen MR) is 44.6 cm³/mol. The quantitative estimate of drug-likeness (QED) is 0.399. The third-order valence-electron chi connectivity index (χ3n) is 0.938. The van der Waals surface area contributed by atoms with Crippen molar-refractivity contribution in [1.82, 2.24) is 0 Å². The predicted octanol–water partition coefficient (Wildman–Crippen LogP) is 1.52. The number of allylic oxidation sites excluding steroid dienone is 3. The van der Waals surface area contributed by atoms with Crippen LogP contribution in [0, 0.1) is 0 Å². The molecule has 1 N–H and O–H groups in total. The zero-order valence-electron chi connectivity index (χ0n) is 6.03. The minimum atomic E-state index is -4.10. The molecule has 0 bridgehead atoms. The van der Waals surface area contributed by atoms with Crippen molar-refractivity contribution in [3.8, 4) is 0 Å². The lowest BCUT2D eigenvalue weighted by molar-refractivity contribution is 0.492. The van der Waals surface area contributed by atoms with Gasteiger partial charge in [0.15, 0.2) is 0 Å². The summed E-state index contributed by atoms with van der Waals surface area (Å²) in [6.07, 6.45) is 4.93. The standard InChI is InChI=1S/C7H10O3S/c1-3-4-5-6-7(2)11(8,9)10/h3,5-6H,1-2,4H2,(H,8,9,10). The van der Waals surface area contributed by atoms with E-state index in [-0.39, 0.29) is 4.91 Å². The van der Waals surface area contributed by atoms with E-state index in [1.54, 1.807) is 12.2 Å². The summed E-state index contributed by atoms with van der Waals surface area (Å²) in [6, 6.07) is 0. The Morgan fingerprint density at radius 1 is 1.55 bits per heavy atom.